The number of halogens is 7. The Hall–Kier alpha value is -3.88. The second kappa shape index (κ2) is 12.7. The molecule has 0 radical (unpaired) electrons. The fraction of sp³-hybridized carbons (Fsp3) is 0.400. The molecule has 2 heterocycles. The zero-order valence-corrected chi connectivity index (χ0v) is 22.0. The first-order valence-electron chi connectivity index (χ1n) is 12.0. The van der Waals surface area contributed by atoms with Gasteiger partial charge in [-0.05, 0) is 31.0 Å². The number of carbonyl (C=O) groups excluding carboxylic acids is 3. The number of pyridine rings is 1. The van der Waals surface area contributed by atoms with E-state index in [1.807, 2.05) is 0 Å². The smallest absolute Gasteiger partial charge is 0.389 e. The Labute approximate surface area is 234 Å². The first kappa shape index (κ1) is 31.6. The van der Waals surface area contributed by atoms with Crippen LogP contribution < -0.4 is 21.1 Å². The van der Waals surface area contributed by atoms with Crippen LogP contribution in [0.5, 0.6) is 5.75 Å². The van der Waals surface area contributed by atoms with Gasteiger partial charge < -0.3 is 21.1 Å². The van der Waals surface area contributed by atoms with E-state index in [1.54, 1.807) is 12.1 Å². The Balaban J connectivity index is 2.03. The van der Waals surface area contributed by atoms with Gasteiger partial charge in [0.25, 0.3) is 5.91 Å². The number of rotatable bonds is 10. The second-order valence-electron chi connectivity index (χ2n) is 9.05. The van der Waals surface area contributed by atoms with Crippen molar-refractivity contribution in [1.82, 2.24) is 10.3 Å². The summed E-state index contributed by atoms with van der Waals surface area (Å²) in [5, 5.41) is 4.98. The summed E-state index contributed by atoms with van der Waals surface area (Å²) in [5.74, 6) is -7.32. The number of aromatic nitrogens is 1. The molecule has 41 heavy (non-hydrogen) atoms. The number of ether oxygens (including phenoxy) is 1. The van der Waals surface area contributed by atoms with Crippen LogP contribution in [-0.4, -0.2) is 54.0 Å². The maximum absolute atomic E-state index is 13.3. The number of benzodiazepines with no additional fused rings is 1. The number of hydrogen-bond donors (Lipinski definition) is 3. The molecule has 2 aromatic rings. The molecule has 0 unspecified atom stereocenters. The summed E-state index contributed by atoms with van der Waals surface area (Å²) in [7, 11) is 1.33. The Kier molecular flexibility index (Phi) is 9.84. The Morgan fingerprint density at radius 2 is 1.71 bits per heavy atom. The van der Waals surface area contributed by atoms with Crippen LogP contribution in [0.3, 0.4) is 0 Å². The highest BCUT2D eigenvalue weighted by molar-refractivity contribution is 6.30. The van der Waals surface area contributed by atoms with Crippen LogP contribution in [0.25, 0.3) is 0 Å². The van der Waals surface area contributed by atoms with Crippen molar-refractivity contribution in [3.63, 3.8) is 0 Å². The van der Waals surface area contributed by atoms with Gasteiger partial charge in [-0.2, -0.15) is 26.3 Å². The molecule has 0 saturated carbocycles. The summed E-state index contributed by atoms with van der Waals surface area (Å²) in [6.45, 7) is 0. The van der Waals surface area contributed by atoms with E-state index in [4.69, 9.17) is 22.1 Å². The van der Waals surface area contributed by atoms with Gasteiger partial charge in [-0.25, -0.2) is 4.99 Å². The van der Waals surface area contributed by atoms with E-state index in [0.29, 0.717) is 5.56 Å². The average molecular weight is 608 g/mol. The summed E-state index contributed by atoms with van der Waals surface area (Å²) < 4.78 is 83.1. The molecule has 0 spiro atoms. The number of fused-ring (bicyclic) bond motifs is 1. The molecule has 222 valence electrons. The van der Waals surface area contributed by atoms with Crippen LogP contribution in [0, 0.1) is 11.8 Å². The largest absolute Gasteiger partial charge is 0.495 e. The summed E-state index contributed by atoms with van der Waals surface area (Å²) in [5.41, 5.74) is 5.90. The van der Waals surface area contributed by atoms with Crippen molar-refractivity contribution in [2.24, 2.45) is 22.6 Å². The Morgan fingerprint density at radius 3 is 2.24 bits per heavy atom. The summed E-state index contributed by atoms with van der Waals surface area (Å²) >= 11 is 5.92. The Bertz CT molecular complexity index is 1320. The lowest BCUT2D eigenvalue weighted by Gasteiger charge is -2.26. The second-order valence-corrected chi connectivity index (χ2v) is 9.48. The molecular formula is C25H24ClF6N5O4. The fourth-order valence-electron chi connectivity index (χ4n) is 4.23. The van der Waals surface area contributed by atoms with E-state index in [1.165, 1.54) is 31.5 Å². The quantitative estimate of drug-likeness (QED) is 0.345. The molecule has 0 saturated heterocycles. The van der Waals surface area contributed by atoms with Crippen molar-refractivity contribution in [2.45, 2.75) is 44.2 Å². The molecular weight excluding hydrogens is 584 g/mol. The molecule has 0 fully saturated rings. The van der Waals surface area contributed by atoms with E-state index in [0.717, 1.165) is 0 Å². The van der Waals surface area contributed by atoms with Crippen molar-refractivity contribution in [2.75, 3.05) is 12.4 Å². The van der Waals surface area contributed by atoms with Crippen molar-refractivity contribution < 1.29 is 45.5 Å². The highest BCUT2D eigenvalue weighted by Gasteiger charge is 2.40. The highest BCUT2D eigenvalue weighted by atomic mass is 35.5. The van der Waals surface area contributed by atoms with E-state index < -0.39 is 73.8 Å². The number of primary amides is 1. The minimum absolute atomic E-state index is 0.0505. The molecule has 3 amide bonds. The van der Waals surface area contributed by atoms with Crippen molar-refractivity contribution in [3.8, 4) is 5.75 Å². The number of nitrogens with two attached hydrogens (primary N) is 1. The summed E-state index contributed by atoms with van der Waals surface area (Å²) in [6.07, 6.45) is -15.3. The van der Waals surface area contributed by atoms with Crippen LogP contribution >= 0.6 is 11.6 Å². The number of carbonyl (C=O) groups is 3. The number of methoxy groups -OCH3 is 1. The van der Waals surface area contributed by atoms with Crippen LogP contribution in [0.2, 0.25) is 5.02 Å². The van der Waals surface area contributed by atoms with Crippen LogP contribution in [0.1, 0.15) is 36.9 Å². The lowest BCUT2D eigenvalue weighted by atomic mass is 9.83. The first-order chi connectivity index (χ1) is 19.1. The molecule has 9 nitrogen and oxygen atoms in total. The SMILES string of the molecule is COc1cccc2c1NC(=O)[C@@H](NC(=O)[C@H](CCC(F)(F)F)[C@H](CCC(F)(F)F)C(N)=O)N=C2c1ccc(Cl)cn1. The summed E-state index contributed by atoms with van der Waals surface area (Å²) in [4.78, 5) is 46.9. The monoisotopic (exact) mass is 607 g/mol. The average Bonchev–Trinajstić information content (AvgIpc) is 3.01. The first-order valence-corrected chi connectivity index (χ1v) is 12.4. The number of aliphatic imine (C=N–C) groups is 1. The number of alkyl halides is 6. The molecule has 4 N–H and O–H groups in total. The molecule has 0 bridgehead atoms. The number of hydrogen-bond acceptors (Lipinski definition) is 6. The fourth-order valence-corrected chi connectivity index (χ4v) is 4.34. The van der Waals surface area contributed by atoms with Crippen LogP contribution in [0.4, 0.5) is 32.0 Å². The van der Waals surface area contributed by atoms with Crippen molar-refractivity contribution in [3.05, 3.63) is 52.8 Å². The van der Waals surface area contributed by atoms with E-state index in [9.17, 15) is 40.7 Å². The number of benzene rings is 1. The minimum Gasteiger partial charge on any atom is -0.495 e. The minimum atomic E-state index is -4.80. The zero-order chi connectivity index (χ0) is 30.5. The van der Waals surface area contributed by atoms with Gasteiger partial charge in [0.15, 0.2) is 0 Å². The lowest BCUT2D eigenvalue weighted by Crippen LogP contribution is -2.48. The Morgan fingerprint density at radius 1 is 1.07 bits per heavy atom. The topological polar surface area (TPSA) is 136 Å². The van der Waals surface area contributed by atoms with E-state index >= 15 is 0 Å². The van der Waals surface area contributed by atoms with Gasteiger partial charge in [-0.15, -0.1) is 0 Å². The summed E-state index contributed by atoms with van der Waals surface area (Å²) in [6, 6.07) is 7.61. The molecule has 3 atom stereocenters. The van der Waals surface area contributed by atoms with Gasteiger partial charge in [0.2, 0.25) is 18.0 Å². The molecule has 1 aromatic carbocycles. The van der Waals surface area contributed by atoms with Gasteiger partial charge in [0.05, 0.1) is 29.2 Å². The number of nitrogens with one attached hydrogen (secondary N) is 2. The van der Waals surface area contributed by atoms with E-state index in [-0.39, 0.29) is 27.9 Å². The van der Waals surface area contributed by atoms with Crippen LogP contribution in [0.15, 0.2) is 41.5 Å². The molecule has 1 aliphatic heterocycles. The third kappa shape index (κ3) is 8.55. The maximum Gasteiger partial charge on any atom is 0.389 e. The highest BCUT2D eigenvalue weighted by Crippen LogP contribution is 2.34. The standard InChI is InChI=1S/C25H24ClF6N5O4/c1-41-17-4-2-3-15-18(16-6-5-12(26)11-34-16)35-21(23(40)36-19(15)17)37-22(39)14(8-10-25(30,31)32)13(20(33)38)7-9-24(27,28)29/h2-6,11,13-14,21H,7-10H2,1H3,(H2,33,38)(H,36,40)(H,37,39)/t13-,14+,21+/m0/s1. The van der Waals surface area contributed by atoms with Gasteiger partial charge in [0.1, 0.15) is 5.75 Å². The number of anilines is 1. The lowest BCUT2D eigenvalue weighted by molar-refractivity contribution is -0.152. The van der Waals surface area contributed by atoms with Crippen molar-refractivity contribution >= 4 is 40.7 Å². The third-order valence-corrected chi connectivity index (χ3v) is 6.39. The maximum atomic E-state index is 13.3. The zero-order valence-electron chi connectivity index (χ0n) is 21.3. The van der Waals surface area contributed by atoms with Gasteiger partial charge in [-0.3, -0.25) is 19.4 Å². The predicted molar refractivity (Wildman–Crippen MR) is 135 cm³/mol. The number of nitrogens with zero attached hydrogens (tertiary/aromatic N) is 2. The molecule has 3 rings (SSSR count). The van der Waals surface area contributed by atoms with Gasteiger partial charge in [0, 0.05) is 36.4 Å². The number of amides is 3. The normalized spacial score (nSPS) is 16.9. The van der Waals surface area contributed by atoms with Gasteiger partial charge in [-0.1, -0.05) is 23.7 Å². The van der Waals surface area contributed by atoms with Crippen LogP contribution in [-0.2, 0) is 14.4 Å². The molecule has 1 aromatic heterocycles. The number of para-hydroxylation sites is 1. The molecule has 0 aliphatic carbocycles. The predicted octanol–water partition coefficient (Wildman–Crippen LogP) is 4.38. The van der Waals surface area contributed by atoms with E-state index in [2.05, 4.69) is 20.6 Å². The molecule has 16 heteroatoms. The van der Waals surface area contributed by atoms with Gasteiger partial charge >= 0.3 is 12.4 Å². The van der Waals surface area contributed by atoms with Crippen molar-refractivity contribution in [1.29, 1.82) is 0 Å². The molecule has 1 aliphatic rings. The third-order valence-electron chi connectivity index (χ3n) is 6.17.